The van der Waals surface area contributed by atoms with Gasteiger partial charge in [0, 0.05) is 20.6 Å². The summed E-state index contributed by atoms with van der Waals surface area (Å²) in [5.41, 5.74) is 2.56. The molecule has 2 aromatic heterocycles. The normalized spacial score (nSPS) is 12.1. The Morgan fingerprint density at radius 1 is 1.10 bits per heavy atom. The van der Waals surface area contributed by atoms with Gasteiger partial charge in [0.25, 0.3) is 0 Å². The van der Waals surface area contributed by atoms with Crippen LogP contribution in [0.3, 0.4) is 0 Å². The Kier molecular flexibility index (Phi) is 6.12. The van der Waals surface area contributed by atoms with E-state index >= 15 is 0 Å². The van der Waals surface area contributed by atoms with Crippen molar-refractivity contribution < 1.29 is 8.42 Å². The molecule has 0 spiro atoms. The molecule has 0 saturated heterocycles. The summed E-state index contributed by atoms with van der Waals surface area (Å²) in [6.07, 6.45) is 2.65. The SMILES string of the molecule is CCCn1c(CSc2ncn(-c3ccccc3)n2)nc2cc(S(=O)(=O)N(C)C)ccc21. The number of hydrogen-bond donors (Lipinski definition) is 0. The fraction of sp³-hybridized carbons (Fsp3) is 0.286. The Hall–Kier alpha value is -2.69. The van der Waals surface area contributed by atoms with Gasteiger partial charge in [0.05, 0.1) is 27.4 Å². The number of aryl methyl sites for hydroxylation is 1. The number of hydrogen-bond acceptors (Lipinski definition) is 6. The molecule has 0 aliphatic heterocycles. The van der Waals surface area contributed by atoms with Crippen molar-refractivity contribution in [3.8, 4) is 5.69 Å². The van der Waals surface area contributed by atoms with Crippen molar-refractivity contribution in [1.82, 2.24) is 28.6 Å². The highest BCUT2D eigenvalue weighted by atomic mass is 32.2. The minimum Gasteiger partial charge on any atom is -0.327 e. The number of sulfonamides is 1. The molecule has 8 nitrogen and oxygen atoms in total. The number of aromatic nitrogens is 5. The van der Waals surface area contributed by atoms with E-state index in [9.17, 15) is 8.42 Å². The zero-order valence-corrected chi connectivity index (χ0v) is 19.3. The predicted molar refractivity (Wildman–Crippen MR) is 122 cm³/mol. The first-order valence-electron chi connectivity index (χ1n) is 9.91. The maximum absolute atomic E-state index is 12.5. The van der Waals surface area contributed by atoms with E-state index in [1.807, 2.05) is 36.4 Å². The lowest BCUT2D eigenvalue weighted by Crippen LogP contribution is -2.22. The van der Waals surface area contributed by atoms with Crippen LogP contribution in [-0.4, -0.2) is 51.1 Å². The molecule has 162 valence electrons. The van der Waals surface area contributed by atoms with Crippen molar-refractivity contribution >= 4 is 32.8 Å². The van der Waals surface area contributed by atoms with Crippen molar-refractivity contribution in [2.75, 3.05) is 14.1 Å². The summed E-state index contributed by atoms with van der Waals surface area (Å²) in [6.45, 7) is 2.91. The maximum atomic E-state index is 12.5. The van der Waals surface area contributed by atoms with Crippen LogP contribution in [0.2, 0.25) is 0 Å². The number of thioether (sulfide) groups is 1. The molecule has 4 aromatic rings. The predicted octanol–water partition coefficient (Wildman–Crippen LogP) is 3.57. The highest BCUT2D eigenvalue weighted by molar-refractivity contribution is 7.98. The summed E-state index contributed by atoms with van der Waals surface area (Å²) in [7, 11) is -0.454. The quantitative estimate of drug-likeness (QED) is 0.377. The second-order valence-corrected chi connectivity index (χ2v) is 10.3. The lowest BCUT2D eigenvalue weighted by atomic mass is 10.3. The van der Waals surface area contributed by atoms with Crippen molar-refractivity contribution in [2.24, 2.45) is 0 Å². The maximum Gasteiger partial charge on any atom is 0.242 e. The number of imidazole rings is 1. The van der Waals surface area contributed by atoms with Crippen molar-refractivity contribution in [3.63, 3.8) is 0 Å². The molecular formula is C21H24N6O2S2. The fourth-order valence-corrected chi connectivity index (χ4v) is 4.93. The lowest BCUT2D eigenvalue weighted by molar-refractivity contribution is 0.521. The Labute approximate surface area is 186 Å². The van der Waals surface area contributed by atoms with E-state index in [0.717, 1.165) is 30.0 Å². The van der Waals surface area contributed by atoms with Crippen LogP contribution in [0, 0.1) is 0 Å². The molecule has 2 aromatic carbocycles. The van der Waals surface area contributed by atoms with Gasteiger partial charge in [-0.05, 0) is 36.8 Å². The lowest BCUT2D eigenvalue weighted by Gasteiger charge is -2.11. The number of benzene rings is 2. The van der Waals surface area contributed by atoms with Gasteiger partial charge in [-0.3, -0.25) is 0 Å². The van der Waals surface area contributed by atoms with E-state index in [1.54, 1.807) is 23.1 Å². The van der Waals surface area contributed by atoms with Crippen molar-refractivity contribution in [3.05, 3.63) is 60.7 Å². The monoisotopic (exact) mass is 456 g/mol. The summed E-state index contributed by atoms with van der Waals surface area (Å²) < 4.78 is 30.1. The Bertz CT molecular complexity index is 1300. The van der Waals surface area contributed by atoms with Gasteiger partial charge >= 0.3 is 0 Å². The van der Waals surface area contributed by atoms with Crippen molar-refractivity contribution in [2.45, 2.75) is 35.7 Å². The van der Waals surface area contributed by atoms with E-state index < -0.39 is 10.0 Å². The third-order valence-electron chi connectivity index (χ3n) is 4.85. The van der Waals surface area contributed by atoms with Gasteiger partial charge in [-0.2, -0.15) is 0 Å². The molecule has 2 heterocycles. The third kappa shape index (κ3) is 4.36. The molecule has 0 aliphatic carbocycles. The highest BCUT2D eigenvalue weighted by Gasteiger charge is 2.20. The Morgan fingerprint density at radius 3 is 2.58 bits per heavy atom. The highest BCUT2D eigenvalue weighted by Crippen LogP contribution is 2.26. The van der Waals surface area contributed by atoms with Gasteiger partial charge < -0.3 is 4.57 Å². The van der Waals surface area contributed by atoms with Crippen LogP contribution >= 0.6 is 11.8 Å². The van der Waals surface area contributed by atoms with Crippen LogP contribution in [0.25, 0.3) is 16.7 Å². The average Bonchev–Trinajstić information content (AvgIpc) is 3.37. The van der Waals surface area contributed by atoms with Gasteiger partial charge in [-0.1, -0.05) is 36.9 Å². The molecule has 0 fully saturated rings. The van der Waals surface area contributed by atoms with E-state index in [1.165, 1.54) is 30.2 Å². The third-order valence-corrected chi connectivity index (χ3v) is 7.51. The van der Waals surface area contributed by atoms with Crippen LogP contribution in [-0.2, 0) is 22.3 Å². The zero-order chi connectivity index (χ0) is 22.0. The van der Waals surface area contributed by atoms with Gasteiger partial charge in [0.2, 0.25) is 15.2 Å². The molecule has 0 radical (unpaired) electrons. The van der Waals surface area contributed by atoms with Crippen LogP contribution in [0.4, 0.5) is 0 Å². The first-order chi connectivity index (χ1) is 14.9. The molecule has 0 amide bonds. The number of nitrogens with zero attached hydrogens (tertiary/aromatic N) is 6. The van der Waals surface area contributed by atoms with Gasteiger partial charge in [0.15, 0.2) is 0 Å². The molecule has 4 rings (SSSR count). The van der Waals surface area contributed by atoms with Crippen LogP contribution in [0.15, 0.2) is 64.9 Å². The van der Waals surface area contributed by atoms with Crippen LogP contribution < -0.4 is 0 Å². The minimum absolute atomic E-state index is 0.244. The Balaban J connectivity index is 1.61. The number of rotatable bonds is 8. The summed E-state index contributed by atoms with van der Waals surface area (Å²) >= 11 is 1.51. The molecule has 0 saturated carbocycles. The fourth-order valence-electron chi connectivity index (χ4n) is 3.26. The molecule has 0 atom stereocenters. The smallest absolute Gasteiger partial charge is 0.242 e. The molecule has 31 heavy (non-hydrogen) atoms. The first kappa shape index (κ1) is 21.5. The zero-order valence-electron chi connectivity index (χ0n) is 17.6. The number of para-hydroxylation sites is 1. The van der Waals surface area contributed by atoms with Crippen LogP contribution in [0.5, 0.6) is 0 Å². The molecule has 0 bridgehead atoms. The average molecular weight is 457 g/mol. The van der Waals surface area contributed by atoms with E-state index in [4.69, 9.17) is 4.98 Å². The van der Waals surface area contributed by atoms with Gasteiger partial charge in [-0.25, -0.2) is 27.4 Å². The summed E-state index contributed by atoms with van der Waals surface area (Å²) in [5.74, 6) is 1.46. The van der Waals surface area contributed by atoms with Crippen LogP contribution in [0.1, 0.15) is 19.2 Å². The molecule has 0 N–H and O–H groups in total. The molecule has 10 heteroatoms. The van der Waals surface area contributed by atoms with Crippen molar-refractivity contribution in [1.29, 1.82) is 0 Å². The first-order valence-corrected chi connectivity index (χ1v) is 12.3. The molecular weight excluding hydrogens is 432 g/mol. The standard InChI is InChI=1S/C21H24N6O2S2/c1-4-12-26-19-11-10-17(31(28,29)25(2)3)13-18(19)23-20(26)14-30-21-22-15-27(24-21)16-8-6-5-7-9-16/h5-11,13,15H,4,12,14H2,1-3H3. The Morgan fingerprint density at radius 2 is 1.87 bits per heavy atom. The topological polar surface area (TPSA) is 85.9 Å². The minimum atomic E-state index is -3.51. The number of fused-ring (bicyclic) bond motifs is 1. The van der Waals surface area contributed by atoms with Gasteiger partial charge in [0.1, 0.15) is 12.2 Å². The molecule has 0 unspecified atom stereocenters. The van der Waals surface area contributed by atoms with E-state index in [0.29, 0.717) is 16.4 Å². The second kappa shape index (κ2) is 8.81. The van der Waals surface area contributed by atoms with E-state index in [2.05, 4.69) is 21.6 Å². The largest absolute Gasteiger partial charge is 0.327 e. The second-order valence-electron chi connectivity index (χ2n) is 7.21. The molecule has 0 aliphatic rings. The summed E-state index contributed by atoms with van der Waals surface area (Å²) in [4.78, 5) is 9.38. The summed E-state index contributed by atoms with van der Waals surface area (Å²) in [6, 6.07) is 15.0. The summed E-state index contributed by atoms with van der Waals surface area (Å²) in [5, 5.41) is 5.20. The van der Waals surface area contributed by atoms with E-state index in [-0.39, 0.29) is 4.90 Å². The van der Waals surface area contributed by atoms with Gasteiger partial charge in [-0.15, -0.1) is 5.10 Å².